The van der Waals surface area contributed by atoms with E-state index in [-0.39, 0.29) is 11.3 Å². The second kappa shape index (κ2) is 6.76. The summed E-state index contributed by atoms with van der Waals surface area (Å²) in [5.74, 6) is -0.459. The minimum absolute atomic E-state index is 0.0000486. The zero-order valence-corrected chi connectivity index (χ0v) is 14.6. The van der Waals surface area contributed by atoms with Crippen molar-refractivity contribution in [3.05, 3.63) is 53.6 Å². The van der Waals surface area contributed by atoms with Crippen LogP contribution in [0.25, 0.3) is 0 Å². The number of benzene rings is 2. The first kappa shape index (κ1) is 17.3. The number of ether oxygens (including phenoxy) is 1. The molecule has 7 heteroatoms. The van der Waals surface area contributed by atoms with Crippen LogP contribution >= 0.6 is 0 Å². The molecule has 132 valence electrons. The molecule has 2 aromatic rings. The molecule has 6 nitrogen and oxygen atoms in total. The second-order valence-electron chi connectivity index (χ2n) is 5.88. The average molecular weight is 361 g/mol. The van der Waals surface area contributed by atoms with Crippen LogP contribution in [0.4, 0.5) is 5.69 Å². The highest BCUT2D eigenvalue weighted by molar-refractivity contribution is 7.92. The molecule has 0 saturated carbocycles. The van der Waals surface area contributed by atoms with E-state index in [9.17, 15) is 13.2 Å². The maximum absolute atomic E-state index is 13.0. The van der Waals surface area contributed by atoms with Gasteiger partial charge in [0.15, 0.2) is 0 Å². The summed E-state index contributed by atoms with van der Waals surface area (Å²) in [5.41, 5.74) is 2.15. The van der Waals surface area contributed by atoms with Gasteiger partial charge in [0.25, 0.3) is 10.0 Å². The van der Waals surface area contributed by atoms with Gasteiger partial charge in [-0.1, -0.05) is 24.3 Å². The normalized spacial score (nSPS) is 13.2. The molecule has 1 heterocycles. The molecule has 0 spiro atoms. The summed E-state index contributed by atoms with van der Waals surface area (Å²) in [6.45, 7) is 0.482. The van der Waals surface area contributed by atoms with Crippen LogP contribution in [0.5, 0.6) is 5.75 Å². The number of sulfonamides is 1. The van der Waals surface area contributed by atoms with Gasteiger partial charge >= 0.3 is 5.97 Å². The quantitative estimate of drug-likeness (QED) is 0.854. The zero-order chi connectivity index (χ0) is 18.0. The van der Waals surface area contributed by atoms with Gasteiger partial charge in [0.05, 0.1) is 12.3 Å². The van der Waals surface area contributed by atoms with Crippen molar-refractivity contribution >= 4 is 21.7 Å². The Kier molecular flexibility index (Phi) is 4.67. The summed E-state index contributed by atoms with van der Waals surface area (Å²) >= 11 is 0. The molecule has 1 aliphatic heterocycles. The number of aryl methyl sites for hydroxylation is 1. The molecule has 2 aromatic carbocycles. The number of hydrogen-bond acceptors (Lipinski definition) is 4. The topological polar surface area (TPSA) is 83.9 Å². The smallest absolute Gasteiger partial charge is 0.303 e. The van der Waals surface area contributed by atoms with E-state index < -0.39 is 16.0 Å². The average Bonchev–Trinajstić information content (AvgIpc) is 3.08. The first-order valence-corrected chi connectivity index (χ1v) is 9.38. The molecular formula is C18H19NO5S. The van der Waals surface area contributed by atoms with E-state index in [2.05, 4.69) is 0 Å². The summed E-state index contributed by atoms with van der Waals surface area (Å²) in [5, 5.41) is 8.80. The predicted octanol–water partition coefficient (Wildman–Crippen LogP) is 2.46. The molecule has 0 fully saturated rings. The van der Waals surface area contributed by atoms with Gasteiger partial charge < -0.3 is 9.84 Å². The highest BCUT2D eigenvalue weighted by atomic mass is 32.2. The zero-order valence-electron chi connectivity index (χ0n) is 13.8. The Labute approximate surface area is 146 Å². The van der Waals surface area contributed by atoms with E-state index in [1.165, 1.54) is 11.4 Å². The number of fused-ring (bicyclic) bond motifs is 1. The third-order valence-electron chi connectivity index (χ3n) is 4.22. The van der Waals surface area contributed by atoms with E-state index >= 15 is 0 Å². The Bertz CT molecular complexity index is 907. The predicted molar refractivity (Wildman–Crippen MR) is 93.6 cm³/mol. The Morgan fingerprint density at radius 3 is 2.76 bits per heavy atom. The minimum atomic E-state index is -3.77. The molecule has 0 aromatic heterocycles. The standard InChI is InChI=1S/C18H19NO5S/c1-19(15-6-2-4-13(12-15)8-9-17(20)21)25(22,23)16-7-3-5-14-10-11-24-18(14)16/h2-7,12H,8-11H2,1H3,(H,20,21). The van der Waals surface area contributed by atoms with E-state index in [0.29, 0.717) is 30.9 Å². The van der Waals surface area contributed by atoms with Crippen LogP contribution in [-0.2, 0) is 27.7 Å². The van der Waals surface area contributed by atoms with Gasteiger partial charge in [-0.3, -0.25) is 9.10 Å². The van der Waals surface area contributed by atoms with Crippen LogP contribution in [0.15, 0.2) is 47.4 Å². The lowest BCUT2D eigenvalue weighted by Crippen LogP contribution is -2.27. The molecule has 0 bridgehead atoms. The van der Waals surface area contributed by atoms with Crippen LogP contribution < -0.4 is 9.04 Å². The van der Waals surface area contributed by atoms with E-state index in [4.69, 9.17) is 9.84 Å². The molecule has 0 amide bonds. The molecule has 0 aliphatic carbocycles. The molecule has 1 aliphatic rings. The fourth-order valence-corrected chi connectivity index (χ4v) is 4.19. The summed E-state index contributed by atoms with van der Waals surface area (Å²) in [6, 6.07) is 12.0. The Morgan fingerprint density at radius 2 is 2.00 bits per heavy atom. The fraction of sp³-hybridized carbons (Fsp3) is 0.278. The number of anilines is 1. The molecule has 25 heavy (non-hydrogen) atoms. The molecule has 0 unspecified atom stereocenters. The lowest BCUT2D eigenvalue weighted by atomic mass is 10.1. The van der Waals surface area contributed by atoms with Gasteiger partial charge in [0.2, 0.25) is 0 Å². The van der Waals surface area contributed by atoms with Crippen LogP contribution in [0.1, 0.15) is 17.5 Å². The molecular weight excluding hydrogens is 342 g/mol. The fourth-order valence-electron chi connectivity index (χ4n) is 2.83. The first-order valence-electron chi connectivity index (χ1n) is 7.94. The highest BCUT2D eigenvalue weighted by Crippen LogP contribution is 2.35. The minimum Gasteiger partial charge on any atom is -0.492 e. The third kappa shape index (κ3) is 3.46. The van der Waals surface area contributed by atoms with E-state index in [1.807, 2.05) is 6.07 Å². The number of nitrogens with zero attached hydrogens (tertiary/aromatic N) is 1. The molecule has 0 saturated heterocycles. The Morgan fingerprint density at radius 1 is 1.24 bits per heavy atom. The Balaban J connectivity index is 1.92. The van der Waals surface area contributed by atoms with Crippen LogP contribution in [-0.4, -0.2) is 33.1 Å². The van der Waals surface area contributed by atoms with E-state index in [0.717, 1.165) is 11.1 Å². The van der Waals surface area contributed by atoms with Crippen molar-refractivity contribution in [1.82, 2.24) is 0 Å². The van der Waals surface area contributed by atoms with Crippen molar-refractivity contribution in [2.45, 2.75) is 24.2 Å². The molecule has 0 radical (unpaired) electrons. The van der Waals surface area contributed by atoms with Gasteiger partial charge in [-0.2, -0.15) is 0 Å². The van der Waals surface area contributed by atoms with Gasteiger partial charge in [-0.25, -0.2) is 8.42 Å². The van der Waals surface area contributed by atoms with Crippen LogP contribution in [0, 0.1) is 0 Å². The van der Waals surface area contributed by atoms with Crippen LogP contribution in [0.2, 0.25) is 0 Å². The highest BCUT2D eigenvalue weighted by Gasteiger charge is 2.29. The van der Waals surface area contributed by atoms with Crippen molar-refractivity contribution in [2.24, 2.45) is 0 Å². The van der Waals surface area contributed by atoms with Crippen molar-refractivity contribution in [3.63, 3.8) is 0 Å². The van der Waals surface area contributed by atoms with Crippen LogP contribution in [0.3, 0.4) is 0 Å². The lowest BCUT2D eigenvalue weighted by molar-refractivity contribution is -0.136. The number of carbonyl (C=O) groups is 1. The number of para-hydroxylation sites is 1. The summed E-state index contributed by atoms with van der Waals surface area (Å²) in [4.78, 5) is 10.9. The van der Waals surface area contributed by atoms with Gasteiger partial charge in [-0.05, 0) is 35.7 Å². The first-order chi connectivity index (χ1) is 11.9. The van der Waals surface area contributed by atoms with Gasteiger partial charge in [-0.15, -0.1) is 0 Å². The molecule has 0 atom stereocenters. The third-order valence-corrected chi connectivity index (χ3v) is 6.03. The van der Waals surface area contributed by atoms with Crippen molar-refractivity contribution in [2.75, 3.05) is 18.0 Å². The number of aliphatic carboxylic acids is 1. The maximum Gasteiger partial charge on any atom is 0.303 e. The SMILES string of the molecule is CN(c1cccc(CCC(=O)O)c1)S(=O)(=O)c1cccc2c1OCC2. The number of carboxylic acids is 1. The molecule has 3 rings (SSSR count). The van der Waals surface area contributed by atoms with Gasteiger partial charge in [0.1, 0.15) is 10.6 Å². The maximum atomic E-state index is 13.0. The van der Waals surface area contributed by atoms with Gasteiger partial charge in [0, 0.05) is 19.9 Å². The number of carboxylic acid groups (broad SMARTS) is 1. The summed E-state index contributed by atoms with van der Waals surface area (Å²) in [6.07, 6.45) is 1.05. The van der Waals surface area contributed by atoms with Crippen molar-refractivity contribution in [1.29, 1.82) is 0 Å². The largest absolute Gasteiger partial charge is 0.492 e. The number of hydrogen-bond donors (Lipinski definition) is 1. The summed E-state index contributed by atoms with van der Waals surface area (Å²) in [7, 11) is -2.29. The Hall–Kier alpha value is -2.54. The van der Waals surface area contributed by atoms with Crippen molar-refractivity contribution < 1.29 is 23.1 Å². The molecule has 1 N–H and O–H groups in total. The lowest BCUT2D eigenvalue weighted by Gasteiger charge is -2.21. The van der Waals surface area contributed by atoms with Crippen molar-refractivity contribution in [3.8, 4) is 5.75 Å². The number of rotatable bonds is 6. The summed E-state index contributed by atoms with van der Waals surface area (Å²) < 4.78 is 32.8. The second-order valence-corrected chi connectivity index (χ2v) is 7.82. The monoisotopic (exact) mass is 361 g/mol. The van der Waals surface area contributed by atoms with E-state index in [1.54, 1.807) is 36.4 Å².